The number of aromatic nitrogens is 3. The molecule has 6 nitrogen and oxygen atoms in total. The van der Waals surface area contributed by atoms with Crippen LogP contribution in [0.5, 0.6) is 5.75 Å². The van der Waals surface area contributed by atoms with Crippen molar-refractivity contribution in [2.24, 2.45) is 5.10 Å². The van der Waals surface area contributed by atoms with Crippen LogP contribution in [0, 0.1) is 13.8 Å². The lowest BCUT2D eigenvalue weighted by atomic mass is 10.1. The summed E-state index contributed by atoms with van der Waals surface area (Å²) in [5.74, 6) is 1.55. The molecule has 0 saturated heterocycles. The summed E-state index contributed by atoms with van der Waals surface area (Å²) >= 11 is 3.48. The van der Waals surface area contributed by atoms with Gasteiger partial charge in [0.1, 0.15) is 18.2 Å². The van der Waals surface area contributed by atoms with Crippen molar-refractivity contribution in [2.75, 3.05) is 0 Å². The molecule has 216 valence electrons. The number of ether oxygens (including phenoxy) is 1. The van der Waals surface area contributed by atoms with Gasteiger partial charge in [0.25, 0.3) is 5.56 Å². The van der Waals surface area contributed by atoms with E-state index in [2.05, 4.69) is 109 Å². The van der Waals surface area contributed by atoms with Crippen molar-refractivity contribution in [1.82, 2.24) is 14.2 Å². The Balaban J connectivity index is 1.27. The third-order valence-electron chi connectivity index (χ3n) is 8.04. The van der Waals surface area contributed by atoms with E-state index >= 15 is 0 Å². The first-order valence-electron chi connectivity index (χ1n) is 14.5. The van der Waals surface area contributed by atoms with Crippen molar-refractivity contribution < 1.29 is 4.74 Å². The molecule has 0 spiro atoms. The van der Waals surface area contributed by atoms with E-state index in [9.17, 15) is 4.79 Å². The summed E-state index contributed by atoms with van der Waals surface area (Å²) in [5, 5.41) is 7.64. The van der Waals surface area contributed by atoms with Crippen LogP contribution in [0.25, 0.3) is 27.4 Å². The quantitative estimate of drug-likeness (QED) is 0.158. The maximum Gasteiger partial charge on any atom is 0.282 e. The van der Waals surface area contributed by atoms with Gasteiger partial charge in [-0.1, -0.05) is 72.2 Å². The van der Waals surface area contributed by atoms with Gasteiger partial charge in [0.05, 0.1) is 17.1 Å². The molecule has 0 aliphatic rings. The molecule has 7 heteroatoms. The average molecular weight is 634 g/mol. The second-order valence-electron chi connectivity index (χ2n) is 10.9. The van der Waals surface area contributed by atoms with Crippen LogP contribution >= 0.6 is 15.9 Å². The van der Waals surface area contributed by atoms with E-state index in [-0.39, 0.29) is 11.5 Å². The Morgan fingerprint density at radius 1 is 0.953 bits per heavy atom. The zero-order valence-electron chi connectivity index (χ0n) is 24.7. The van der Waals surface area contributed by atoms with Gasteiger partial charge in [-0.2, -0.15) is 9.78 Å². The van der Waals surface area contributed by atoms with Gasteiger partial charge in [-0.25, -0.2) is 4.98 Å². The van der Waals surface area contributed by atoms with Gasteiger partial charge in [0.2, 0.25) is 0 Å². The lowest BCUT2D eigenvalue weighted by molar-refractivity contribution is 0.307. The molecule has 0 radical (unpaired) electrons. The van der Waals surface area contributed by atoms with Gasteiger partial charge in [-0.15, -0.1) is 0 Å². The number of aryl methyl sites for hydroxylation is 1. The second kappa shape index (κ2) is 12.0. The highest BCUT2D eigenvalue weighted by Crippen LogP contribution is 2.25. The first-order chi connectivity index (χ1) is 20.8. The van der Waals surface area contributed by atoms with Gasteiger partial charge in [-0.3, -0.25) is 4.79 Å². The highest BCUT2D eigenvalue weighted by Gasteiger charge is 2.16. The highest BCUT2D eigenvalue weighted by molar-refractivity contribution is 9.10. The molecule has 0 unspecified atom stereocenters. The summed E-state index contributed by atoms with van der Waals surface area (Å²) in [6.07, 6.45) is 2.61. The summed E-state index contributed by atoms with van der Waals surface area (Å²) in [6.45, 7) is 8.79. The minimum absolute atomic E-state index is 0.0756. The maximum absolute atomic E-state index is 13.5. The molecule has 43 heavy (non-hydrogen) atoms. The number of rotatable bonds is 8. The van der Waals surface area contributed by atoms with Gasteiger partial charge >= 0.3 is 0 Å². The molecular formula is C36H33BrN4O2. The summed E-state index contributed by atoms with van der Waals surface area (Å²) < 4.78 is 10.6. The van der Waals surface area contributed by atoms with Crippen molar-refractivity contribution in [3.8, 4) is 11.4 Å². The van der Waals surface area contributed by atoms with Crippen molar-refractivity contribution in [2.45, 2.75) is 46.6 Å². The molecule has 0 amide bonds. The zero-order chi connectivity index (χ0) is 30.1. The number of halogens is 1. The van der Waals surface area contributed by atoms with Crippen molar-refractivity contribution in [3.05, 3.63) is 134 Å². The summed E-state index contributed by atoms with van der Waals surface area (Å²) in [5.41, 5.74) is 5.72. The number of hydrogen-bond donors (Lipinski definition) is 0. The molecule has 0 aliphatic carbocycles. The molecule has 2 aromatic heterocycles. The van der Waals surface area contributed by atoms with E-state index in [0.717, 1.165) is 44.8 Å². The van der Waals surface area contributed by atoms with Gasteiger partial charge in [0.15, 0.2) is 0 Å². The van der Waals surface area contributed by atoms with Crippen LogP contribution in [0.15, 0.2) is 105 Å². The largest absolute Gasteiger partial charge is 0.489 e. The topological polar surface area (TPSA) is 61.4 Å². The Labute approximate surface area is 259 Å². The van der Waals surface area contributed by atoms with Crippen LogP contribution in [0.2, 0.25) is 0 Å². The fourth-order valence-electron chi connectivity index (χ4n) is 5.49. The summed E-state index contributed by atoms with van der Waals surface area (Å²) in [6, 6.07) is 30.5. The Bertz CT molecular complexity index is 2030. The lowest BCUT2D eigenvalue weighted by Gasteiger charge is -2.14. The first-order valence-corrected chi connectivity index (χ1v) is 15.3. The smallest absolute Gasteiger partial charge is 0.282 e. The molecule has 6 rings (SSSR count). The first kappa shape index (κ1) is 28.6. The van der Waals surface area contributed by atoms with Gasteiger partial charge in [0, 0.05) is 33.0 Å². The molecule has 0 fully saturated rings. The van der Waals surface area contributed by atoms with E-state index in [1.807, 2.05) is 24.3 Å². The van der Waals surface area contributed by atoms with Crippen LogP contribution in [0.4, 0.5) is 0 Å². The molecule has 1 atom stereocenters. The summed E-state index contributed by atoms with van der Waals surface area (Å²) in [4.78, 5) is 18.4. The van der Waals surface area contributed by atoms with Crippen LogP contribution in [0.3, 0.4) is 0 Å². The molecule has 6 aromatic rings. The Morgan fingerprint density at radius 3 is 2.51 bits per heavy atom. The fraction of sp³-hybridized carbons (Fsp3) is 0.194. The molecule has 0 N–H and O–H groups in total. The highest BCUT2D eigenvalue weighted by atomic mass is 79.9. The van der Waals surface area contributed by atoms with Crippen molar-refractivity contribution in [3.63, 3.8) is 0 Å². The van der Waals surface area contributed by atoms with Gasteiger partial charge in [-0.05, 0) is 85.1 Å². The minimum atomic E-state index is -0.175. The predicted octanol–water partition coefficient (Wildman–Crippen LogP) is 8.69. The Morgan fingerprint density at radius 2 is 1.72 bits per heavy atom. The standard InChI is InChI=1S/C36H33BrN4O2/c1-5-23(2)35-39-34-18-13-29(37)20-33(34)36(42)41(35)38-21-28-19-24(3)40(25(28)4)30-14-16-31(17-15-30)43-22-27-11-8-10-26-9-6-7-12-32(26)27/h6-21,23H,5,22H2,1-4H3/t23-/m0/s1. The Kier molecular flexibility index (Phi) is 8.00. The molecule has 0 saturated carbocycles. The SMILES string of the molecule is CC[C@H](C)c1nc2ccc(Br)cc2c(=O)n1N=Cc1cc(C)n(-c2ccc(OCc3cccc4ccccc34)cc2)c1C. The lowest BCUT2D eigenvalue weighted by Crippen LogP contribution is -2.23. The van der Waals surface area contributed by atoms with Crippen LogP contribution < -0.4 is 10.3 Å². The van der Waals surface area contributed by atoms with Crippen LogP contribution in [0.1, 0.15) is 54.5 Å². The number of benzene rings is 4. The van der Waals surface area contributed by atoms with Crippen molar-refractivity contribution in [1.29, 1.82) is 0 Å². The molecule has 0 bridgehead atoms. The maximum atomic E-state index is 13.5. The van der Waals surface area contributed by atoms with Gasteiger partial charge < -0.3 is 9.30 Å². The monoisotopic (exact) mass is 632 g/mol. The number of fused-ring (bicyclic) bond motifs is 2. The van der Waals surface area contributed by atoms with Crippen LogP contribution in [-0.2, 0) is 6.61 Å². The second-order valence-corrected chi connectivity index (χ2v) is 11.8. The van der Waals surface area contributed by atoms with Crippen LogP contribution in [-0.4, -0.2) is 20.4 Å². The van der Waals surface area contributed by atoms with Crippen molar-refractivity contribution >= 4 is 43.8 Å². The van der Waals surface area contributed by atoms with E-state index in [4.69, 9.17) is 14.8 Å². The fourth-order valence-corrected chi connectivity index (χ4v) is 5.85. The predicted molar refractivity (Wildman–Crippen MR) is 179 cm³/mol. The average Bonchev–Trinajstić information content (AvgIpc) is 3.31. The zero-order valence-corrected chi connectivity index (χ0v) is 26.3. The third-order valence-corrected chi connectivity index (χ3v) is 8.53. The molecule has 2 heterocycles. The third kappa shape index (κ3) is 5.65. The molecule has 0 aliphatic heterocycles. The molecular weight excluding hydrogens is 600 g/mol. The summed E-state index contributed by atoms with van der Waals surface area (Å²) in [7, 11) is 0. The molecule has 4 aromatic carbocycles. The number of hydrogen-bond acceptors (Lipinski definition) is 4. The Hall–Kier alpha value is -4.49. The minimum Gasteiger partial charge on any atom is -0.489 e. The normalized spacial score (nSPS) is 12.4. The van der Waals surface area contributed by atoms with E-state index in [1.165, 1.54) is 15.4 Å². The number of nitrogens with zero attached hydrogens (tertiary/aromatic N) is 4. The van der Waals surface area contributed by atoms with E-state index in [0.29, 0.717) is 23.3 Å². The van der Waals surface area contributed by atoms with E-state index < -0.39 is 0 Å². The van der Waals surface area contributed by atoms with E-state index in [1.54, 1.807) is 12.3 Å².